The molecule has 2 aliphatic rings. The number of benzene rings is 3. The summed E-state index contributed by atoms with van der Waals surface area (Å²) in [7, 11) is 1.85. The highest BCUT2D eigenvalue weighted by Crippen LogP contribution is 2.42. The predicted octanol–water partition coefficient (Wildman–Crippen LogP) is 4.02. The Hall–Kier alpha value is -4.86. The first kappa shape index (κ1) is 25.4. The summed E-state index contributed by atoms with van der Waals surface area (Å²) in [5.41, 5.74) is 8.75. The van der Waals surface area contributed by atoms with Gasteiger partial charge in [0.15, 0.2) is 11.5 Å². The van der Waals surface area contributed by atoms with E-state index >= 15 is 0 Å². The molecule has 3 heterocycles. The average Bonchev–Trinajstić information content (AvgIpc) is 3.61. The van der Waals surface area contributed by atoms with Gasteiger partial charge in [0.2, 0.25) is 0 Å². The number of hydrogen-bond acceptors (Lipinski definition) is 5. The molecule has 8 nitrogen and oxygen atoms in total. The molecule has 10 heteroatoms. The topological polar surface area (TPSA) is 96.8 Å². The van der Waals surface area contributed by atoms with Crippen molar-refractivity contribution in [1.29, 1.82) is 0 Å². The Morgan fingerprint density at radius 1 is 0.975 bits per heavy atom. The zero-order valence-corrected chi connectivity index (χ0v) is 21.9. The molecular formula is C30H26F2N6O2. The van der Waals surface area contributed by atoms with Gasteiger partial charge in [0.05, 0.1) is 24.5 Å². The van der Waals surface area contributed by atoms with Gasteiger partial charge in [-0.25, -0.2) is 13.8 Å². The van der Waals surface area contributed by atoms with Crippen LogP contribution in [0.15, 0.2) is 84.0 Å². The van der Waals surface area contributed by atoms with Crippen molar-refractivity contribution >= 4 is 17.8 Å². The molecule has 0 radical (unpaired) electrons. The Labute approximate surface area is 229 Å². The second-order valence-electron chi connectivity index (χ2n) is 10.1. The molecule has 3 aromatic carbocycles. The summed E-state index contributed by atoms with van der Waals surface area (Å²) in [5.74, 6) is -1.57. The predicted molar refractivity (Wildman–Crippen MR) is 144 cm³/mol. The van der Waals surface area contributed by atoms with Crippen molar-refractivity contribution in [3.63, 3.8) is 0 Å². The maximum Gasteiger partial charge on any atom is 0.267 e. The Bertz CT molecular complexity index is 1620. The Morgan fingerprint density at radius 3 is 2.20 bits per heavy atom. The molecule has 6 rings (SSSR count). The van der Waals surface area contributed by atoms with Crippen LogP contribution in [0.4, 0.5) is 8.78 Å². The van der Waals surface area contributed by atoms with Crippen molar-refractivity contribution in [2.24, 2.45) is 17.8 Å². The highest BCUT2D eigenvalue weighted by Gasteiger charge is 2.52. The number of fused-ring (bicyclic) bond motifs is 1. The number of aromatic nitrogens is 2. The molecule has 1 atom stereocenters. The third-order valence-corrected chi connectivity index (χ3v) is 7.72. The number of nitrogens with two attached hydrogens (primary N) is 1. The van der Waals surface area contributed by atoms with E-state index < -0.39 is 29.1 Å². The number of nitrogens with zero attached hydrogens (tertiary/aromatic N) is 5. The second kappa shape index (κ2) is 9.41. The molecule has 4 aromatic rings. The minimum absolute atomic E-state index is 0.0367. The summed E-state index contributed by atoms with van der Waals surface area (Å²) in [6, 6.07) is 17.4. The number of carbonyl (C=O) groups is 2. The van der Waals surface area contributed by atoms with Gasteiger partial charge >= 0.3 is 0 Å². The summed E-state index contributed by atoms with van der Waals surface area (Å²) in [6.07, 6.45) is 1.77. The van der Waals surface area contributed by atoms with Crippen LogP contribution in [-0.2, 0) is 30.5 Å². The molecule has 0 unspecified atom stereocenters. The summed E-state index contributed by atoms with van der Waals surface area (Å²) in [6.45, 7) is 2.74. The van der Waals surface area contributed by atoms with Crippen molar-refractivity contribution in [1.82, 2.24) is 19.6 Å². The number of rotatable bonds is 5. The van der Waals surface area contributed by atoms with Gasteiger partial charge in [-0.1, -0.05) is 36.4 Å². The molecule has 0 saturated carbocycles. The lowest BCUT2D eigenvalue weighted by molar-refractivity contribution is -0.131. The number of guanidine groups is 1. The molecule has 2 amide bonds. The number of aryl methyl sites for hydroxylation is 1. The molecule has 2 aliphatic heterocycles. The molecule has 1 aromatic heterocycles. The Balaban J connectivity index is 1.33. The molecule has 2 N–H and O–H groups in total. The fourth-order valence-corrected chi connectivity index (χ4v) is 5.54. The fourth-order valence-electron chi connectivity index (χ4n) is 5.54. The normalized spacial score (nSPS) is 16.7. The van der Waals surface area contributed by atoms with E-state index in [2.05, 4.69) is 10.1 Å². The maximum absolute atomic E-state index is 14.2. The average molecular weight is 541 g/mol. The van der Waals surface area contributed by atoms with Crippen LogP contribution in [0.2, 0.25) is 0 Å². The standard InChI is InChI=1S/C30H26F2N6O2/c1-18(19-4-3-5-20(14-19)27(39)37-16-21-15-34-36(2)26(21)17-37)38-28(40)30(35-29(38)33,22-6-10-24(31)11-7-22)23-8-12-25(32)13-9-23/h3-15,18H,16-17H2,1-2H3,(H2,33,35)/t18-/m1/s1. The first-order chi connectivity index (χ1) is 19.2. The number of halogens is 2. The minimum atomic E-state index is -1.62. The number of carbonyl (C=O) groups excluding carboxylic acids is 2. The van der Waals surface area contributed by atoms with Crippen LogP contribution in [-0.4, -0.2) is 37.4 Å². The summed E-state index contributed by atoms with van der Waals surface area (Å²) in [4.78, 5) is 35.4. The fraction of sp³-hybridized carbons (Fsp3) is 0.200. The number of amides is 2. The largest absolute Gasteiger partial charge is 0.369 e. The maximum atomic E-state index is 14.2. The van der Waals surface area contributed by atoms with E-state index in [4.69, 9.17) is 5.73 Å². The quantitative estimate of drug-likeness (QED) is 0.414. The van der Waals surface area contributed by atoms with Crippen molar-refractivity contribution in [2.75, 3.05) is 0 Å². The number of hydrogen-bond donors (Lipinski definition) is 1. The van der Waals surface area contributed by atoms with E-state index in [1.54, 1.807) is 40.9 Å². The first-order valence-corrected chi connectivity index (χ1v) is 12.8. The van der Waals surface area contributed by atoms with Crippen LogP contribution in [0.1, 0.15) is 51.3 Å². The van der Waals surface area contributed by atoms with Gasteiger partial charge in [0.1, 0.15) is 11.6 Å². The van der Waals surface area contributed by atoms with E-state index in [1.165, 1.54) is 53.4 Å². The Kier molecular flexibility index (Phi) is 5.98. The van der Waals surface area contributed by atoms with E-state index in [-0.39, 0.29) is 11.9 Å². The van der Waals surface area contributed by atoms with Crippen molar-refractivity contribution in [3.8, 4) is 0 Å². The van der Waals surface area contributed by atoms with Crippen LogP contribution < -0.4 is 5.73 Å². The molecule has 202 valence electrons. The lowest BCUT2D eigenvalue weighted by Gasteiger charge is -2.30. The summed E-state index contributed by atoms with van der Waals surface area (Å²) >= 11 is 0. The molecule has 0 aliphatic carbocycles. The van der Waals surface area contributed by atoms with Crippen molar-refractivity contribution < 1.29 is 18.4 Å². The summed E-state index contributed by atoms with van der Waals surface area (Å²) < 4.78 is 29.4. The number of aliphatic imine (C=N–C) groups is 1. The van der Waals surface area contributed by atoms with Crippen LogP contribution in [0, 0.1) is 11.6 Å². The Morgan fingerprint density at radius 2 is 1.60 bits per heavy atom. The zero-order valence-electron chi connectivity index (χ0n) is 21.9. The lowest BCUT2D eigenvalue weighted by atomic mass is 9.82. The van der Waals surface area contributed by atoms with Crippen molar-refractivity contribution in [2.45, 2.75) is 31.6 Å². The smallest absolute Gasteiger partial charge is 0.267 e. The van der Waals surface area contributed by atoms with E-state index in [0.29, 0.717) is 35.3 Å². The van der Waals surface area contributed by atoms with Gasteiger partial charge < -0.3 is 10.6 Å². The molecular weight excluding hydrogens is 514 g/mol. The molecule has 0 bridgehead atoms. The monoisotopic (exact) mass is 540 g/mol. The van der Waals surface area contributed by atoms with Gasteiger partial charge in [-0.2, -0.15) is 5.10 Å². The third kappa shape index (κ3) is 3.95. The van der Waals surface area contributed by atoms with E-state index in [1.807, 2.05) is 13.1 Å². The van der Waals surface area contributed by atoms with E-state index in [9.17, 15) is 18.4 Å². The zero-order chi connectivity index (χ0) is 28.2. The first-order valence-electron chi connectivity index (χ1n) is 12.8. The lowest BCUT2D eigenvalue weighted by Crippen LogP contribution is -2.44. The van der Waals surface area contributed by atoms with Gasteiger partial charge in [0, 0.05) is 24.7 Å². The second-order valence-corrected chi connectivity index (χ2v) is 10.1. The van der Waals surface area contributed by atoms with Crippen molar-refractivity contribution in [3.05, 3.63) is 124 Å². The third-order valence-electron chi connectivity index (χ3n) is 7.72. The highest BCUT2D eigenvalue weighted by atomic mass is 19.1. The molecule has 0 saturated heterocycles. The van der Waals surface area contributed by atoms with Crippen LogP contribution in [0.25, 0.3) is 0 Å². The van der Waals surface area contributed by atoms with Gasteiger partial charge in [0.25, 0.3) is 11.8 Å². The van der Waals surface area contributed by atoms with Crippen LogP contribution >= 0.6 is 0 Å². The highest BCUT2D eigenvalue weighted by molar-refractivity contribution is 6.09. The van der Waals surface area contributed by atoms with Crippen LogP contribution in [0.3, 0.4) is 0 Å². The van der Waals surface area contributed by atoms with Crippen LogP contribution in [0.5, 0.6) is 0 Å². The molecule has 40 heavy (non-hydrogen) atoms. The van der Waals surface area contributed by atoms with Gasteiger partial charge in [-0.3, -0.25) is 19.2 Å². The SMILES string of the molecule is C[C@H](c1cccc(C(=O)N2Cc3cnn(C)c3C2)c1)N1C(=O)C(c2ccc(F)cc2)(c2ccc(F)cc2)N=C1N. The van der Waals surface area contributed by atoms with Gasteiger partial charge in [-0.05, 0) is 60.0 Å². The van der Waals surface area contributed by atoms with E-state index in [0.717, 1.165) is 11.3 Å². The van der Waals surface area contributed by atoms with Gasteiger partial charge in [-0.15, -0.1) is 0 Å². The molecule has 0 spiro atoms. The summed E-state index contributed by atoms with van der Waals surface area (Å²) in [5, 5.41) is 4.25. The molecule has 0 fully saturated rings. The minimum Gasteiger partial charge on any atom is -0.369 e.